The molecule has 5 nitrogen and oxygen atoms in total. The molecule has 0 aliphatic carbocycles. The number of likely N-dealkylation sites (tertiary alicyclic amines) is 1. The first-order chi connectivity index (χ1) is 13.5. The van der Waals surface area contributed by atoms with Crippen molar-refractivity contribution < 1.29 is 14.0 Å². The van der Waals surface area contributed by atoms with Crippen LogP contribution in [0.2, 0.25) is 0 Å². The van der Waals surface area contributed by atoms with Gasteiger partial charge in [0.15, 0.2) is 0 Å². The van der Waals surface area contributed by atoms with E-state index in [-0.39, 0.29) is 23.2 Å². The van der Waals surface area contributed by atoms with Crippen LogP contribution in [0, 0.1) is 11.2 Å². The van der Waals surface area contributed by atoms with Gasteiger partial charge >= 0.3 is 6.03 Å². The second-order valence-corrected chi connectivity index (χ2v) is 7.22. The number of benzene rings is 2. The molecule has 1 aliphatic heterocycles. The standard InChI is InChI=1S/C22H26FN3O2/c1-3-22(20(27)24-2)10-12-26(13-11-22)21(28)25-19-9-5-7-17(15-19)16-6-4-8-18(23)14-16/h4-9,14-15H,3,10-13H2,1-2H3,(H,24,27)(H,25,28). The Balaban J connectivity index is 1.66. The fourth-order valence-electron chi connectivity index (χ4n) is 3.79. The number of urea groups is 1. The second kappa shape index (κ2) is 8.42. The molecule has 0 spiro atoms. The molecule has 0 bridgehead atoms. The molecular formula is C22H26FN3O2. The van der Waals surface area contributed by atoms with Crippen LogP contribution in [0.4, 0.5) is 14.9 Å². The van der Waals surface area contributed by atoms with Gasteiger partial charge in [0.25, 0.3) is 0 Å². The van der Waals surface area contributed by atoms with Crippen LogP contribution >= 0.6 is 0 Å². The zero-order valence-corrected chi connectivity index (χ0v) is 16.3. The molecule has 1 heterocycles. The lowest BCUT2D eigenvalue weighted by Gasteiger charge is -2.39. The number of carbonyl (C=O) groups excluding carboxylic acids is 2. The summed E-state index contributed by atoms with van der Waals surface area (Å²) in [5.74, 6) is -0.242. The van der Waals surface area contributed by atoms with Gasteiger partial charge in [-0.1, -0.05) is 31.2 Å². The van der Waals surface area contributed by atoms with Gasteiger partial charge in [0.2, 0.25) is 5.91 Å². The number of anilines is 1. The Hall–Kier alpha value is -2.89. The van der Waals surface area contributed by atoms with Crippen LogP contribution in [0.15, 0.2) is 48.5 Å². The van der Waals surface area contributed by atoms with E-state index < -0.39 is 0 Å². The minimum absolute atomic E-state index is 0.0536. The molecule has 2 aromatic carbocycles. The van der Waals surface area contributed by atoms with E-state index in [9.17, 15) is 14.0 Å². The monoisotopic (exact) mass is 383 g/mol. The van der Waals surface area contributed by atoms with Gasteiger partial charge in [-0.15, -0.1) is 0 Å². The third-order valence-corrected chi connectivity index (χ3v) is 5.67. The van der Waals surface area contributed by atoms with Crippen molar-refractivity contribution in [3.05, 3.63) is 54.3 Å². The maximum atomic E-state index is 13.5. The van der Waals surface area contributed by atoms with Crippen LogP contribution in [0.3, 0.4) is 0 Å². The molecule has 1 fully saturated rings. The Kier molecular flexibility index (Phi) is 5.97. The number of nitrogens with one attached hydrogen (secondary N) is 2. The van der Waals surface area contributed by atoms with Crippen molar-refractivity contribution in [3.63, 3.8) is 0 Å². The van der Waals surface area contributed by atoms with Crippen molar-refractivity contribution in [1.29, 1.82) is 0 Å². The molecule has 148 valence electrons. The van der Waals surface area contributed by atoms with Gasteiger partial charge in [0.05, 0.1) is 5.41 Å². The summed E-state index contributed by atoms with van der Waals surface area (Å²) in [6.45, 7) is 3.09. The normalized spacial score (nSPS) is 15.8. The molecule has 0 saturated carbocycles. The molecule has 0 atom stereocenters. The minimum Gasteiger partial charge on any atom is -0.359 e. The Labute approximate surface area is 164 Å². The highest BCUT2D eigenvalue weighted by Gasteiger charge is 2.40. The second-order valence-electron chi connectivity index (χ2n) is 7.22. The predicted octanol–water partition coefficient (Wildman–Crippen LogP) is 4.26. The fraction of sp³-hybridized carbons (Fsp3) is 0.364. The van der Waals surface area contributed by atoms with Crippen LogP contribution in [-0.2, 0) is 4.79 Å². The first kappa shape index (κ1) is 19.9. The third kappa shape index (κ3) is 4.16. The topological polar surface area (TPSA) is 61.4 Å². The first-order valence-electron chi connectivity index (χ1n) is 9.61. The van der Waals surface area contributed by atoms with Crippen LogP contribution < -0.4 is 10.6 Å². The summed E-state index contributed by atoms with van der Waals surface area (Å²) in [6.07, 6.45) is 2.07. The average molecular weight is 383 g/mol. The summed E-state index contributed by atoms with van der Waals surface area (Å²) in [7, 11) is 1.66. The van der Waals surface area contributed by atoms with E-state index in [1.165, 1.54) is 12.1 Å². The molecular weight excluding hydrogens is 357 g/mol. The van der Waals surface area contributed by atoms with Crippen LogP contribution in [0.25, 0.3) is 11.1 Å². The number of piperidine rings is 1. The Morgan fingerprint density at radius 2 is 1.71 bits per heavy atom. The molecule has 28 heavy (non-hydrogen) atoms. The number of nitrogens with zero attached hydrogens (tertiary/aromatic N) is 1. The van der Waals surface area contributed by atoms with Crippen molar-refractivity contribution in [1.82, 2.24) is 10.2 Å². The van der Waals surface area contributed by atoms with Gasteiger partial charge < -0.3 is 15.5 Å². The van der Waals surface area contributed by atoms with Crippen molar-refractivity contribution in [2.45, 2.75) is 26.2 Å². The van der Waals surface area contributed by atoms with Crippen molar-refractivity contribution >= 4 is 17.6 Å². The molecule has 0 unspecified atom stereocenters. The molecule has 2 aromatic rings. The summed E-state index contributed by atoms with van der Waals surface area (Å²) in [6, 6.07) is 13.5. The molecule has 6 heteroatoms. The summed E-state index contributed by atoms with van der Waals surface area (Å²) in [4.78, 5) is 26.6. The van der Waals surface area contributed by atoms with E-state index in [0.29, 0.717) is 31.6 Å². The zero-order valence-electron chi connectivity index (χ0n) is 16.3. The summed E-state index contributed by atoms with van der Waals surface area (Å²) in [5, 5.41) is 5.67. The molecule has 3 amide bonds. The maximum absolute atomic E-state index is 13.5. The number of hydrogen-bond donors (Lipinski definition) is 2. The predicted molar refractivity (Wildman–Crippen MR) is 108 cm³/mol. The van der Waals surface area contributed by atoms with E-state index in [1.807, 2.05) is 37.3 Å². The number of halogens is 1. The molecule has 3 rings (SSSR count). The van der Waals surface area contributed by atoms with Gasteiger partial charge in [-0.25, -0.2) is 9.18 Å². The zero-order chi connectivity index (χ0) is 20.1. The van der Waals surface area contributed by atoms with E-state index in [4.69, 9.17) is 0 Å². The van der Waals surface area contributed by atoms with Crippen molar-refractivity contribution in [2.24, 2.45) is 5.41 Å². The maximum Gasteiger partial charge on any atom is 0.321 e. The number of amides is 3. The van der Waals surface area contributed by atoms with Crippen LogP contribution in [0.5, 0.6) is 0 Å². The fourth-order valence-corrected chi connectivity index (χ4v) is 3.79. The Bertz CT molecular complexity index is 860. The van der Waals surface area contributed by atoms with Gasteiger partial charge in [-0.3, -0.25) is 4.79 Å². The van der Waals surface area contributed by atoms with Gasteiger partial charge in [0, 0.05) is 25.8 Å². The van der Waals surface area contributed by atoms with Crippen LogP contribution in [0.1, 0.15) is 26.2 Å². The number of rotatable bonds is 4. The molecule has 1 saturated heterocycles. The average Bonchev–Trinajstić information content (AvgIpc) is 2.73. The largest absolute Gasteiger partial charge is 0.359 e. The lowest BCUT2D eigenvalue weighted by molar-refractivity contribution is -0.133. The van der Waals surface area contributed by atoms with E-state index in [0.717, 1.165) is 17.5 Å². The highest BCUT2D eigenvalue weighted by Crippen LogP contribution is 2.35. The molecule has 1 aliphatic rings. The van der Waals surface area contributed by atoms with Crippen LogP contribution in [-0.4, -0.2) is 37.0 Å². The highest BCUT2D eigenvalue weighted by molar-refractivity contribution is 5.90. The van der Waals surface area contributed by atoms with Crippen molar-refractivity contribution in [3.8, 4) is 11.1 Å². The van der Waals surface area contributed by atoms with Crippen molar-refractivity contribution in [2.75, 3.05) is 25.5 Å². The number of carbonyl (C=O) groups is 2. The third-order valence-electron chi connectivity index (χ3n) is 5.67. The summed E-state index contributed by atoms with van der Waals surface area (Å²) in [5.41, 5.74) is 1.86. The highest BCUT2D eigenvalue weighted by atomic mass is 19.1. The first-order valence-corrected chi connectivity index (χ1v) is 9.61. The van der Waals surface area contributed by atoms with Gasteiger partial charge in [-0.05, 0) is 54.7 Å². The Morgan fingerprint density at radius 3 is 2.32 bits per heavy atom. The molecule has 2 N–H and O–H groups in total. The molecule has 0 radical (unpaired) electrons. The van der Waals surface area contributed by atoms with E-state index in [1.54, 1.807) is 18.0 Å². The quantitative estimate of drug-likeness (QED) is 0.829. The van der Waals surface area contributed by atoms with Gasteiger partial charge in [-0.2, -0.15) is 0 Å². The summed E-state index contributed by atoms with van der Waals surface area (Å²) >= 11 is 0. The summed E-state index contributed by atoms with van der Waals surface area (Å²) < 4.78 is 13.5. The lowest BCUT2D eigenvalue weighted by Crippen LogP contribution is -2.50. The minimum atomic E-state index is -0.386. The smallest absolute Gasteiger partial charge is 0.321 e. The number of hydrogen-bond acceptors (Lipinski definition) is 2. The Morgan fingerprint density at radius 1 is 1.07 bits per heavy atom. The van der Waals surface area contributed by atoms with Gasteiger partial charge in [0.1, 0.15) is 5.82 Å². The SMILES string of the molecule is CCC1(C(=O)NC)CCN(C(=O)Nc2cccc(-c3cccc(F)c3)c2)CC1. The van der Waals surface area contributed by atoms with E-state index >= 15 is 0 Å². The molecule has 0 aromatic heterocycles. The van der Waals surface area contributed by atoms with E-state index in [2.05, 4.69) is 10.6 Å². The lowest BCUT2D eigenvalue weighted by atomic mass is 9.75.